The molecule has 0 aromatic carbocycles. The van der Waals surface area contributed by atoms with Gasteiger partial charge in [-0.3, -0.25) is 19.2 Å². The summed E-state index contributed by atoms with van der Waals surface area (Å²) in [6, 6.07) is 0. The fourth-order valence-corrected chi connectivity index (χ4v) is 3.26. The van der Waals surface area contributed by atoms with Crippen LogP contribution in [0.25, 0.3) is 0 Å². The van der Waals surface area contributed by atoms with Crippen LogP contribution in [0.1, 0.15) is 82.1 Å². The van der Waals surface area contributed by atoms with Gasteiger partial charge in [0.2, 0.25) is 0 Å². The van der Waals surface area contributed by atoms with Crippen molar-refractivity contribution in [3.63, 3.8) is 0 Å². The maximum absolute atomic E-state index is 10.9. The van der Waals surface area contributed by atoms with Gasteiger partial charge in [-0.2, -0.15) is 0 Å². The Morgan fingerprint density at radius 3 is 0.909 bits per heavy atom. The van der Waals surface area contributed by atoms with E-state index in [0.29, 0.717) is 12.2 Å². The molecule has 0 amide bonds. The minimum atomic E-state index is -1.93. The summed E-state index contributed by atoms with van der Waals surface area (Å²) >= 11 is -0.574. The summed E-state index contributed by atoms with van der Waals surface area (Å²) in [5.41, 5.74) is -3.86. The van der Waals surface area contributed by atoms with E-state index < -0.39 is 65.8 Å². The van der Waals surface area contributed by atoms with E-state index in [1.165, 1.54) is 13.8 Å². The van der Waals surface area contributed by atoms with E-state index in [4.69, 9.17) is 6.64 Å². The molecule has 0 saturated carbocycles. The molecule has 0 aliphatic heterocycles. The van der Waals surface area contributed by atoms with Crippen molar-refractivity contribution in [1.82, 2.24) is 0 Å². The van der Waals surface area contributed by atoms with Crippen LogP contribution in [0.3, 0.4) is 0 Å². The number of ketones is 4. The van der Waals surface area contributed by atoms with Crippen LogP contribution in [-0.4, -0.2) is 47.3 Å². The molecular formula is C22H36O10Ti. The molecule has 0 aromatic heterocycles. The molecule has 0 saturated heterocycles. The first kappa shape index (κ1) is 35.8. The van der Waals surface area contributed by atoms with E-state index in [1.807, 2.05) is 27.7 Å². The van der Waals surface area contributed by atoms with Crippen molar-refractivity contribution in [2.45, 2.75) is 94.3 Å². The van der Waals surface area contributed by atoms with Crippen LogP contribution < -0.4 is 10.2 Å². The van der Waals surface area contributed by atoms with Crippen LogP contribution in [0, 0.1) is 10.8 Å². The maximum atomic E-state index is 10.9. The van der Waals surface area contributed by atoms with Crippen molar-refractivity contribution in [2.75, 3.05) is 0 Å². The molecule has 0 unspecified atom stereocenters. The fourth-order valence-electron chi connectivity index (χ4n) is 2.58. The monoisotopic (exact) mass is 508 g/mol. The number of carbonyl (C=O) groups excluding carboxylic acids is 6. The molecule has 188 valence electrons. The van der Waals surface area contributed by atoms with Crippen LogP contribution in [0.2, 0.25) is 0 Å². The number of hydrogen-bond acceptors (Lipinski definition) is 10. The Morgan fingerprint density at radius 2 is 0.848 bits per heavy atom. The van der Waals surface area contributed by atoms with E-state index in [2.05, 4.69) is 0 Å². The summed E-state index contributed by atoms with van der Waals surface area (Å²) < 4.78 is 10.5. The fraction of sp³-hybridized carbons (Fsp3) is 0.727. The van der Waals surface area contributed by atoms with Gasteiger partial charge >= 0.3 is 66.5 Å². The minimum Gasteiger partial charge on any atom is -0.549 e. The van der Waals surface area contributed by atoms with Crippen molar-refractivity contribution >= 4 is 35.1 Å². The molecule has 0 rings (SSSR count). The van der Waals surface area contributed by atoms with Crippen LogP contribution in [-0.2, 0) is 55.3 Å². The van der Waals surface area contributed by atoms with Crippen LogP contribution >= 0.6 is 0 Å². The minimum absolute atomic E-state index is 0.0556. The zero-order valence-electron chi connectivity index (χ0n) is 21.2. The average molecular weight is 508 g/mol. The summed E-state index contributed by atoms with van der Waals surface area (Å²) in [7, 11) is 0. The Bertz CT molecular complexity index is 567. The molecule has 10 nitrogen and oxygen atoms in total. The van der Waals surface area contributed by atoms with Crippen LogP contribution in [0.15, 0.2) is 0 Å². The molecule has 33 heavy (non-hydrogen) atoms. The molecule has 0 bridgehead atoms. The van der Waals surface area contributed by atoms with Crippen molar-refractivity contribution in [2.24, 2.45) is 10.8 Å². The van der Waals surface area contributed by atoms with Gasteiger partial charge in [-0.1, -0.05) is 13.8 Å². The number of carbonyl (C=O) groups is 6. The van der Waals surface area contributed by atoms with Gasteiger partial charge in [0.05, 0.1) is 11.9 Å². The van der Waals surface area contributed by atoms with Gasteiger partial charge in [-0.05, 0) is 40.5 Å². The zero-order chi connectivity index (χ0) is 27.2. The third kappa shape index (κ3) is 11.3. The molecular weight excluding hydrogens is 472 g/mol. The van der Waals surface area contributed by atoms with Gasteiger partial charge in [0.25, 0.3) is 0 Å². The van der Waals surface area contributed by atoms with Crippen molar-refractivity contribution in [3.05, 3.63) is 0 Å². The summed E-state index contributed by atoms with van der Waals surface area (Å²) in [6.45, 7) is 15.4. The van der Waals surface area contributed by atoms with Crippen LogP contribution in [0.4, 0.5) is 0 Å². The zero-order valence-corrected chi connectivity index (χ0v) is 22.7. The van der Waals surface area contributed by atoms with Gasteiger partial charge in [0, 0.05) is 0 Å². The first-order valence-electron chi connectivity index (χ1n) is 10.4. The number of hydrogen-bond donors (Lipinski definition) is 0. The normalized spacial score (nSPS) is 10.8. The number of carboxylic acid groups (broad SMARTS) is 2. The van der Waals surface area contributed by atoms with Gasteiger partial charge in [-0.25, -0.2) is 0 Å². The Hall–Kier alpha value is -1.75. The smallest absolute Gasteiger partial charge is 0.148 e. The van der Waals surface area contributed by atoms with E-state index in [0.717, 1.165) is 27.7 Å². The summed E-state index contributed by atoms with van der Waals surface area (Å²) in [5.74, 6) is -5.89. The summed E-state index contributed by atoms with van der Waals surface area (Å²) in [5, 5.41) is 21.2. The van der Waals surface area contributed by atoms with Gasteiger partial charge in [0.1, 0.15) is 34.0 Å². The second kappa shape index (κ2) is 16.8. The quantitative estimate of drug-likeness (QED) is 0.265. The second-order valence-electron chi connectivity index (χ2n) is 7.73. The topological polar surface area (TPSA) is 167 Å². The molecule has 0 radical (unpaired) electrons. The number of carboxylic acids is 2. The molecule has 0 aromatic rings. The van der Waals surface area contributed by atoms with Gasteiger partial charge in [0.15, 0.2) is 0 Å². The SMILES string of the molecule is CC(C)[O][Ti+2][O]C(C)C.CCC(C(C)=O)(C(C)=O)C(=O)[O-].CCC(C(C)=O)(C(C)=O)C(=O)[O-]. The molecule has 11 heteroatoms. The molecule has 0 heterocycles. The summed E-state index contributed by atoms with van der Waals surface area (Å²) in [4.78, 5) is 64.9. The third-order valence-corrected chi connectivity index (χ3v) is 6.50. The van der Waals surface area contributed by atoms with Gasteiger partial charge in [-0.15, -0.1) is 0 Å². The molecule has 0 aliphatic carbocycles. The molecule has 0 fully saturated rings. The standard InChI is InChI=1S/2C8H12O4.2C3H7O.Ti/c2*1-4-8(5(2)9,6(3)10)7(11)12;2*1-3(2)4;/h2*4H2,1-3H3,(H,11,12);2*3H,1-2H3;/q;;2*-1;+4/p-2. The number of aliphatic carboxylic acids is 2. The average Bonchev–Trinajstić information content (AvgIpc) is 2.62. The van der Waals surface area contributed by atoms with Crippen molar-refractivity contribution < 1.29 is 65.5 Å². The third-order valence-electron chi connectivity index (χ3n) is 4.73. The maximum Gasteiger partial charge on any atom is 0.148 e. The molecule has 0 spiro atoms. The number of rotatable bonds is 12. The van der Waals surface area contributed by atoms with Gasteiger partial charge < -0.3 is 19.8 Å². The van der Waals surface area contributed by atoms with E-state index in [9.17, 15) is 39.0 Å². The Balaban J connectivity index is -0.000000414. The first-order chi connectivity index (χ1) is 14.9. The second-order valence-corrected chi connectivity index (χ2v) is 8.73. The Labute approximate surface area is 205 Å². The van der Waals surface area contributed by atoms with E-state index >= 15 is 0 Å². The Morgan fingerprint density at radius 1 is 0.636 bits per heavy atom. The van der Waals surface area contributed by atoms with E-state index in [1.54, 1.807) is 0 Å². The predicted octanol–water partition coefficient (Wildman–Crippen LogP) is 0.370. The predicted molar refractivity (Wildman–Crippen MR) is 111 cm³/mol. The number of Topliss-reactive ketones (excluding diaryl/α,β-unsaturated/α-hetero) is 4. The molecule has 0 N–H and O–H groups in total. The van der Waals surface area contributed by atoms with Crippen molar-refractivity contribution in [3.8, 4) is 0 Å². The molecule has 0 atom stereocenters. The molecule has 0 aliphatic rings. The Kier molecular flexibility index (Phi) is 18.2. The summed E-state index contributed by atoms with van der Waals surface area (Å²) in [6.07, 6.45) is 0.535. The first-order valence-corrected chi connectivity index (χ1v) is 11.7. The van der Waals surface area contributed by atoms with Crippen molar-refractivity contribution in [1.29, 1.82) is 0 Å². The largest absolute Gasteiger partial charge is 0.549 e. The van der Waals surface area contributed by atoms with E-state index in [-0.39, 0.29) is 12.8 Å². The van der Waals surface area contributed by atoms with Crippen LogP contribution in [0.5, 0.6) is 0 Å².